The molecule has 1 saturated carbocycles. The molecular formula is C18H28N2. The van der Waals surface area contributed by atoms with Gasteiger partial charge in [-0.05, 0) is 44.2 Å². The molecule has 3 rings (SSSR count). The van der Waals surface area contributed by atoms with Crippen LogP contribution in [0.1, 0.15) is 43.7 Å². The molecule has 2 fully saturated rings. The molecule has 1 N–H and O–H groups in total. The normalized spacial score (nSPS) is 26.2. The van der Waals surface area contributed by atoms with Crippen LogP contribution in [0, 0.1) is 6.92 Å². The number of nitrogens with zero attached hydrogens (tertiary/aromatic N) is 1. The molecule has 2 heteroatoms. The topological polar surface area (TPSA) is 15.3 Å². The Labute approximate surface area is 123 Å². The summed E-state index contributed by atoms with van der Waals surface area (Å²) in [4.78, 5) is 2.72. The molecule has 1 unspecified atom stereocenters. The molecule has 1 atom stereocenters. The van der Waals surface area contributed by atoms with Gasteiger partial charge in [0.05, 0.1) is 0 Å². The lowest BCUT2D eigenvalue weighted by Crippen LogP contribution is -2.62. The minimum absolute atomic E-state index is 0.443. The second-order valence-electron chi connectivity index (χ2n) is 6.86. The largest absolute Gasteiger partial charge is 0.308 e. The van der Waals surface area contributed by atoms with Crippen molar-refractivity contribution in [2.45, 2.75) is 57.5 Å². The summed E-state index contributed by atoms with van der Waals surface area (Å²) in [6, 6.07) is 9.50. The predicted molar refractivity (Wildman–Crippen MR) is 85.1 cm³/mol. The van der Waals surface area contributed by atoms with Crippen LogP contribution < -0.4 is 5.32 Å². The Morgan fingerprint density at radius 1 is 1.25 bits per heavy atom. The monoisotopic (exact) mass is 272 g/mol. The Hall–Kier alpha value is -0.860. The molecule has 1 heterocycles. The van der Waals surface area contributed by atoms with E-state index in [1.54, 1.807) is 0 Å². The fourth-order valence-electron chi connectivity index (χ4n) is 3.93. The first-order chi connectivity index (χ1) is 9.69. The van der Waals surface area contributed by atoms with Gasteiger partial charge in [0, 0.05) is 31.2 Å². The molecule has 0 aromatic heterocycles. The van der Waals surface area contributed by atoms with Crippen LogP contribution in [0.2, 0.25) is 0 Å². The van der Waals surface area contributed by atoms with Crippen molar-refractivity contribution in [3.8, 4) is 0 Å². The van der Waals surface area contributed by atoms with Gasteiger partial charge in [-0.25, -0.2) is 0 Å². The van der Waals surface area contributed by atoms with E-state index in [4.69, 9.17) is 0 Å². The van der Waals surface area contributed by atoms with Gasteiger partial charge in [0.25, 0.3) is 0 Å². The Morgan fingerprint density at radius 3 is 2.75 bits per heavy atom. The molecule has 0 radical (unpaired) electrons. The molecule has 1 spiro atoms. The summed E-state index contributed by atoms with van der Waals surface area (Å²) in [6.45, 7) is 8.21. The van der Waals surface area contributed by atoms with Gasteiger partial charge in [-0.15, -0.1) is 0 Å². The van der Waals surface area contributed by atoms with Crippen LogP contribution in [-0.4, -0.2) is 36.1 Å². The van der Waals surface area contributed by atoms with Crippen molar-refractivity contribution in [2.75, 3.05) is 19.6 Å². The van der Waals surface area contributed by atoms with Crippen molar-refractivity contribution < 1.29 is 0 Å². The first-order valence-corrected chi connectivity index (χ1v) is 8.22. The summed E-state index contributed by atoms with van der Waals surface area (Å²) in [5.74, 6) is 0. The highest BCUT2D eigenvalue weighted by Crippen LogP contribution is 2.33. The van der Waals surface area contributed by atoms with E-state index in [0.717, 1.165) is 6.54 Å². The van der Waals surface area contributed by atoms with Crippen molar-refractivity contribution in [1.29, 1.82) is 0 Å². The number of piperazine rings is 1. The van der Waals surface area contributed by atoms with Gasteiger partial charge in [0.15, 0.2) is 0 Å². The third kappa shape index (κ3) is 2.91. The van der Waals surface area contributed by atoms with Crippen LogP contribution in [0.5, 0.6) is 0 Å². The Balaban J connectivity index is 1.62. The average molecular weight is 272 g/mol. The van der Waals surface area contributed by atoms with Crippen LogP contribution in [-0.2, 0) is 6.42 Å². The van der Waals surface area contributed by atoms with E-state index < -0.39 is 0 Å². The third-order valence-electron chi connectivity index (χ3n) is 5.39. The Bertz CT molecular complexity index is 448. The molecule has 2 nitrogen and oxygen atoms in total. The van der Waals surface area contributed by atoms with E-state index in [-0.39, 0.29) is 0 Å². The van der Waals surface area contributed by atoms with E-state index in [9.17, 15) is 0 Å². The zero-order valence-electron chi connectivity index (χ0n) is 13.0. The Morgan fingerprint density at radius 2 is 2.00 bits per heavy atom. The minimum Gasteiger partial charge on any atom is -0.308 e. The fourth-order valence-corrected chi connectivity index (χ4v) is 3.93. The molecule has 2 aliphatic rings. The minimum atomic E-state index is 0.443. The van der Waals surface area contributed by atoms with Gasteiger partial charge < -0.3 is 5.32 Å². The molecule has 1 aliphatic heterocycles. The zero-order chi connectivity index (χ0) is 14.0. The highest BCUT2D eigenvalue weighted by Gasteiger charge is 2.39. The number of aryl methyl sites for hydroxylation is 1. The summed E-state index contributed by atoms with van der Waals surface area (Å²) in [6.07, 6.45) is 6.76. The smallest absolute Gasteiger partial charge is 0.0309 e. The molecule has 1 saturated heterocycles. The second-order valence-corrected chi connectivity index (χ2v) is 6.86. The summed E-state index contributed by atoms with van der Waals surface area (Å²) in [5.41, 5.74) is 3.39. The lowest BCUT2D eigenvalue weighted by Gasteiger charge is -2.45. The van der Waals surface area contributed by atoms with Crippen LogP contribution >= 0.6 is 0 Å². The Kier molecular flexibility index (Phi) is 4.13. The maximum atomic E-state index is 3.84. The first kappa shape index (κ1) is 14.1. The van der Waals surface area contributed by atoms with Gasteiger partial charge >= 0.3 is 0 Å². The van der Waals surface area contributed by atoms with Gasteiger partial charge in [0.1, 0.15) is 0 Å². The van der Waals surface area contributed by atoms with Crippen molar-refractivity contribution in [3.05, 3.63) is 35.4 Å². The van der Waals surface area contributed by atoms with Crippen LogP contribution in [0.3, 0.4) is 0 Å². The van der Waals surface area contributed by atoms with Crippen LogP contribution in [0.15, 0.2) is 24.3 Å². The van der Waals surface area contributed by atoms with E-state index in [2.05, 4.69) is 48.3 Å². The van der Waals surface area contributed by atoms with Crippen molar-refractivity contribution >= 4 is 0 Å². The van der Waals surface area contributed by atoms with E-state index in [1.807, 2.05) is 0 Å². The molecule has 110 valence electrons. The summed E-state index contributed by atoms with van der Waals surface area (Å²) >= 11 is 0. The lowest BCUT2D eigenvalue weighted by molar-refractivity contribution is 0.0903. The fraction of sp³-hybridized carbons (Fsp3) is 0.667. The zero-order valence-corrected chi connectivity index (χ0v) is 13.0. The van der Waals surface area contributed by atoms with Gasteiger partial charge in [0.2, 0.25) is 0 Å². The first-order valence-electron chi connectivity index (χ1n) is 8.22. The van der Waals surface area contributed by atoms with E-state index >= 15 is 0 Å². The standard InChI is InChI=1S/C18H28N2/c1-15-7-3-4-8-17(15)9-12-20-14-18(10-5-6-11-18)19-13-16(20)2/h3-4,7-8,16,19H,5-6,9-14H2,1-2H3. The maximum absolute atomic E-state index is 3.84. The highest BCUT2D eigenvalue weighted by molar-refractivity contribution is 5.25. The number of rotatable bonds is 3. The summed E-state index contributed by atoms with van der Waals surface area (Å²) < 4.78 is 0. The number of hydrogen-bond acceptors (Lipinski definition) is 2. The van der Waals surface area contributed by atoms with E-state index in [1.165, 1.54) is 56.3 Å². The van der Waals surface area contributed by atoms with Crippen molar-refractivity contribution in [3.63, 3.8) is 0 Å². The third-order valence-corrected chi connectivity index (χ3v) is 5.39. The number of hydrogen-bond donors (Lipinski definition) is 1. The van der Waals surface area contributed by atoms with Crippen LogP contribution in [0.4, 0.5) is 0 Å². The summed E-state index contributed by atoms with van der Waals surface area (Å²) in [5, 5.41) is 3.84. The molecule has 0 amide bonds. The van der Waals surface area contributed by atoms with Gasteiger partial charge in [-0.1, -0.05) is 37.1 Å². The average Bonchev–Trinajstić information content (AvgIpc) is 2.90. The van der Waals surface area contributed by atoms with Gasteiger partial charge in [-0.3, -0.25) is 4.90 Å². The second kappa shape index (κ2) is 5.87. The molecule has 1 aromatic carbocycles. The summed E-state index contributed by atoms with van der Waals surface area (Å²) in [7, 11) is 0. The highest BCUT2D eigenvalue weighted by atomic mass is 15.2. The van der Waals surface area contributed by atoms with Gasteiger partial charge in [-0.2, -0.15) is 0 Å². The number of benzene rings is 1. The molecular weight excluding hydrogens is 244 g/mol. The van der Waals surface area contributed by atoms with E-state index in [0.29, 0.717) is 11.6 Å². The van der Waals surface area contributed by atoms with Crippen molar-refractivity contribution in [1.82, 2.24) is 10.2 Å². The molecule has 1 aliphatic carbocycles. The number of nitrogens with one attached hydrogen (secondary N) is 1. The maximum Gasteiger partial charge on any atom is 0.0309 e. The molecule has 0 bridgehead atoms. The predicted octanol–water partition coefficient (Wildman–Crippen LogP) is 3.14. The SMILES string of the molecule is Cc1ccccc1CCN1CC2(CCCC2)NCC1C. The quantitative estimate of drug-likeness (QED) is 0.909. The molecule has 1 aromatic rings. The molecule has 20 heavy (non-hydrogen) atoms. The van der Waals surface area contributed by atoms with Crippen LogP contribution in [0.25, 0.3) is 0 Å². The van der Waals surface area contributed by atoms with Crippen molar-refractivity contribution in [2.24, 2.45) is 0 Å². The lowest BCUT2D eigenvalue weighted by atomic mass is 9.92.